The summed E-state index contributed by atoms with van der Waals surface area (Å²) in [6, 6.07) is 4.42. The van der Waals surface area contributed by atoms with Crippen LogP contribution < -0.4 is 0 Å². The Labute approximate surface area is 158 Å². The second-order valence-corrected chi connectivity index (χ2v) is 7.49. The van der Waals surface area contributed by atoms with Crippen molar-refractivity contribution in [2.75, 3.05) is 13.1 Å². The smallest absolute Gasteiger partial charge is 0.242 e. The van der Waals surface area contributed by atoms with E-state index in [4.69, 9.17) is 0 Å². The summed E-state index contributed by atoms with van der Waals surface area (Å²) < 4.78 is 2.06. The van der Waals surface area contributed by atoms with Gasteiger partial charge in [-0.05, 0) is 37.8 Å². The summed E-state index contributed by atoms with van der Waals surface area (Å²) >= 11 is 0. The van der Waals surface area contributed by atoms with Gasteiger partial charge in [-0.25, -0.2) is 0 Å². The highest BCUT2D eigenvalue weighted by Crippen LogP contribution is 2.28. The largest absolute Gasteiger partial charge is 0.353 e. The Morgan fingerprint density at radius 1 is 1.12 bits per heavy atom. The fourth-order valence-corrected chi connectivity index (χ4v) is 3.22. The third-order valence-electron chi connectivity index (χ3n) is 5.15. The van der Waals surface area contributed by atoms with Gasteiger partial charge in [-0.3, -0.25) is 9.59 Å². The Bertz CT molecular complexity index is 578. The molecule has 1 fully saturated rings. The molecule has 0 spiro atoms. The van der Waals surface area contributed by atoms with E-state index >= 15 is 0 Å². The average molecular weight is 362 g/mol. The molecular formula is C21H35N3O2. The minimum absolute atomic E-state index is 0.0913. The number of carbonyl (C=O) groups excluding carboxylic acids is 2. The van der Waals surface area contributed by atoms with E-state index in [-0.39, 0.29) is 18.4 Å². The maximum atomic E-state index is 13.0. The standard InChI is InChI=1S/C21H35N3O2/c1-4-6-8-11-20(25)23(15-7-5-2)17-21(26)24(18-12-13-18)16-19-10-9-14-22(19)3/h9-10,14,18H,4-8,11-13,15-17H2,1-3H3. The lowest BCUT2D eigenvalue weighted by Crippen LogP contribution is -2.44. The lowest BCUT2D eigenvalue weighted by Gasteiger charge is -2.28. The van der Waals surface area contributed by atoms with Crippen molar-refractivity contribution >= 4 is 11.8 Å². The molecule has 0 radical (unpaired) electrons. The van der Waals surface area contributed by atoms with Crippen LogP contribution >= 0.6 is 0 Å². The number of hydrogen-bond acceptors (Lipinski definition) is 2. The number of rotatable bonds is 12. The zero-order valence-electron chi connectivity index (χ0n) is 16.7. The highest BCUT2D eigenvalue weighted by atomic mass is 16.2. The van der Waals surface area contributed by atoms with Crippen molar-refractivity contribution in [3.8, 4) is 0 Å². The summed E-state index contributed by atoms with van der Waals surface area (Å²) in [5.74, 6) is 0.225. The number of carbonyl (C=O) groups is 2. The topological polar surface area (TPSA) is 45.6 Å². The second kappa shape index (κ2) is 10.4. The summed E-state index contributed by atoms with van der Waals surface area (Å²) in [5, 5.41) is 0. The number of amides is 2. The van der Waals surface area contributed by atoms with E-state index in [0.29, 0.717) is 25.6 Å². The Morgan fingerprint density at radius 3 is 2.42 bits per heavy atom. The van der Waals surface area contributed by atoms with Crippen LogP contribution in [-0.4, -0.2) is 45.3 Å². The van der Waals surface area contributed by atoms with Gasteiger partial charge in [0.25, 0.3) is 0 Å². The van der Waals surface area contributed by atoms with Crippen molar-refractivity contribution in [1.29, 1.82) is 0 Å². The maximum Gasteiger partial charge on any atom is 0.242 e. The van der Waals surface area contributed by atoms with Crippen LogP contribution in [0.4, 0.5) is 0 Å². The molecule has 1 aliphatic rings. The number of aryl methyl sites for hydroxylation is 1. The molecule has 2 rings (SSSR count). The molecule has 0 unspecified atom stereocenters. The quantitative estimate of drug-likeness (QED) is 0.533. The van der Waals surface area contributed by atoms with E-state index in [1.54, 1.807) is 4.90 Å². The summed E-state index contributed by atoms with van der Waals surface area (Å²) in [5.41, 5.74) is 1.14. The average Bonchev–Trinajstić information content (AvgIpc) is 3.38. The van der Waals surface area contributed by atoms with Gasteiger partial charge < -0.3 is 14.4 Å². The molecule has 0 atom stereocenters. The van der Waals surface area contributed by atoms with Gasteiger partial charge >= 0.3 is 0 Å². The summed E-state index contributed by atoms with van der Waals surface area (Å²) in [7, 11) is 2.01. The number of hydrogen-bond donors (Lipinski definition) is 0. The van der Waals surface area contributed by atoms with Crippen LogP contribution in [0.1, 0.15) is 70.9 Å². The first-order valence-electron chi connectivity index (χ1n) is 10.2. The van der Waals surface area contributed by atoms with Crippen LogP contribution in [-0.2, 0) is 23.2 Å². The van der Waals surface area contributed by atoms with E-state index in [9.17, 15) is 9.59 Å². The van der Waals surface area contributed by atoms with E-state index in [1.165, 1.54) is 0 Å². The molecule has 0 N–H and O–H groups in total. The summed E-state index contributed by atoms with van der Waals surface area (Å²) in [4.78, 5) is 29.4. The van der Waals surface area contributed by atoms with Gasteiger partial charge in [0, 0.05) is 37.9 Å². The van der Waals surface area contributed by atoms with Gasteiger partial charge in [-0.1, -0.05) is 33.1 Å². The molecule has 0 aliphatic heterocycles. The van der Waals surface area contributed by atoms with Gasteiger partial charge in [-0.2, -0.15) is 0 Å². The molecule has 1 aromatic rings. The molecule has 1 aliphatic carbocycles. The zero-order chi connectivity index (χ0) is 18.9. The van der Waals surface area contributed by atoms with E-state index in [0.717, 1.165) is 50.6 Å². The summed E-state index contributed by atoms with van der Waals surface area (Å²) in [6.07, 6.45) is 9.81. The zero-order valence-corrected chi connectivity index (χ0v) is 16.7. The lowest BCUT2D eigenvalue weighted by molar-refractivity contribution is -0.141. The number of aromatic nitrogens is 1. The molecule has 1 heterocycles. The van der Waals surface area contributed by atoms with Crippen LogP contribution in [0.2, 0.25) is 0 Å². The van der Waals surface area contributed by atoms with Crippen molar-refractivity contribution in [3.63, 3.8) is 0 Å². The van der Waals surface area contributed by atoms with Crippen LogP contribution in [0.15, 0.2) is 18.3 Å². The van der Waals surface area contributed by atoms with Crippen LogP contribution in [0, 0.1) is 0 Å². The summed E-state index contributed by atoms with van der Waals surface area (Å²) in [6.45, 7) is 5.81. The van der Waals surface area contributed by atoms with Crippen molar-refractivity contribution in [2.45, 2.75) is 77.8 Å². The predicted molar refractivity (Wildman–Crippen MR) is 105 cm³/mol. The van der Waals surface area contributed by atoms with Gasteiger partial charge in [0.1, 0.15) is 0 Å². The SMILES string of the molecule is CCCCCC(=O)N(CCCC)CC(=O)N(Cc1cccn1C)C1CC1. The Hall–Kier alpha value is -1.78. The molecule has 0 aromatic carbocycles. The Balaban J connectivity index is 1.98. The Kier molecular flexibility index (Phi) is 8.20. The first-order valence-corrected chi connectivity index (χ1v) is 10.2. The Morgan fingerprint density at radius 2 is 1.85 bits per heavy atom. The minimum atomic E-state index is 0.0913. The molecule has 2 amide bonds. The van der Waals surface area contributed by atoms with Crippen molar-refractivity contribution in [3.05, 3.63) is 24.0 Å². The third kappa shape index (κ3) is 6.19. The molecule has 146 valence electrons. The minimum Gasteiger partial charge on any atom is -0.353 e. The molecule has 1 aromatic heterocycles. The van der Waals surface area contributed by atoms with E-state index in [2.05, 4.69) is 24.5 Å². The van der Waals surface area contributed by atoms with Crippen LogP contribution in [0.25, 0.3) is 0 Å². The molecule has 0 bridgehead atoms. The lowest BCUT2D eigenvalue weighted by atomic mass is 10.2. The van der Waals surface area contributed by atoms with Crippen molar-refractivity contribution in [1.82, 2.24) is 14.4 Å². The third-order valence-corrected chi connectivity index (χ3v) is 5.15. The van der Waals surface area contributed by atoms with E-state index < -0.39 is 0 Å². The van der Waals surface area contributed by atoms with Gasteiger partial charge in [-0.15, -0.1) is 0 Å². The molecule has 0 saturated heterocycles. The number of nitrogens with zero attached hydrogens (tertiary/aromatic N) is 3. The molecule has 5 heteroatoms. The fourth-order valence-electron chi connectivity index (χ4n) is 3.22. The van der Waals surface area contributed by atoms with Crippen molar-refractivity contribution < 1.29 is 9.59 Å². The first kappa shape index (κ1) is 20.5. The normalized spacial score (nSPS) is 13.7. The highest BCUT2D eigenvalue weighted by Gasteiger charge is 2.34. The van der Waals surface area contributed by atoms with Gasteiger partial charge in [0.15, 0.2) is 0 Å². The van der Waals surface area contributed by atoms with Crippen LogP contribution in [0.3, 0.4) is 0 Å². The first-order chi connectivity index (χ1) is 12.6. The van der Waals surface area contributed by atoms with Crippen LogP contribution in [0.5, 0.6) is 0 Å². The molecule has 1 saturated carbocycles. The molecular weight excluding hydrogens is 326 g/mol. The number of unbranched alkanes of at least 4 members (excludes halogenated alkanes) is 3. The monoisotopic (exact) mass is 361 g/mol. The van der Waals surface area contributed by atoms with Crippen molar-refractivity contribution in [2.24, 2.45) is 7.05 Å². The predicted octanol–water partition coefficient (Wildman–Crippen LogP) is 3.73. The van der Waals surface area contributed by atoms with E-state index in [1.807, 2.05) is 24.2 Å². The van der Waals surface area contributed by atoms with Gasteiger partial charge in [0.05, 0.1) is 13.1 Å². The maximum absolute atomic E-state index is 13.0. The van der Waals surface area contributed by atoms with Gasteiger partial charge in [0.2, 0.25) is 11.8 Å². The fraction of sp³-hybridized carbons (Fsp3) is 0.714. The second-order valence-electron chi connectivity index (χ2n) is 7.49. The molecule has 26 heavy (non-hydrogen) atoms. The highest BCUT2D eigenvalue weighted by molar-refractivity contribution is 5.85. The molecule has 5 nitrogen and oxygen atoms in total.